The van der Waals surface area contributed by atoms with Gasteiger partial charge in [-0.3, -0.25) is 0 Å². The van der Waals surface area contributed by atoms with E-state index in [4.69, 9.17) is 23.2 Å². The molecule has 1 saturated carbocycles. The van der Waals surface area contributed by atoms with E-state index in [-0.39, 0.29) is 5.41 Å². The van der Waals surface area contributed by atoms with Gasteiger partial charge in [-0.05, 0) is 81.1 Å². The van der Waals surface area contributed by atoms with E-state index < -0.39 is 5.60 Å². The van der Waals surface area contributed by atoms with Gasteiger partial charge < -0.3 is 10.4 Å². The number of aliphatic hydroxyl groups is 1. The highest BCUT2D eigenvalue weighted by Crippen LogP contribution is 2.50. The number of benzene rings is 1. The lowest BCUT2D eigenvalue weighted by Gasteiger charge is -2.47. The second-order valence-electron chi connectivity index (χ2n) is 6.97. The van der Waals surface area contributed by atoms with Crippen molar-refractivity contribution < 1.29 is 5.11 Å². The topological polar surface area (TPSA) is 32.3 Å². The summed E-state index contributed by atoms with van der Waals surface area (Å²) in [7, 11) is 0. The summed E-state index contributed by atoms with van der Waals surface area (Å²) in [6.45, 7) is 4.10. The van der Waals surface area contributed by atoms with Gasteiger partial charge in [-0.15, -0.1) is 0 Å². The lowest BCUT2D eigenvalue weighted by atomic mass is 9.59. The first kappa shape index (κ1) is 15.6. The van der Waals surface area contributed by atoms with E-state index in [0.29, 0.717) is 16.0 Å². The fourth-order valence-corrected chi connectivity index (χ4v) is 4.40. The predicted octanol–water partition coefficient (Wildman–Crippen LogP) is 4.17. The lowest BCUT2D eigenvalue weighted by Crippen LogP contribution is -2.44. The summed E-state index contributed by atoms with van der Waals surface area (Å²) in [6.07, 6.45) is 4.94. The number of halogens is 2. The molecule has 2 nitrogen and oxygen atoms in total. The van der Waals surface area contributed by atoms with Crippen LogP contribution in [0.25, 0.3) is 0 Å². The number of rotatable bonds is 2. The van der Waals surface area contributed by atoms with Gasteiger partial charge in [-0.2, -0.15) is 0 Å². The maximum absolute atomic E-state index is 10.3. The molecule has 2 N–H and O–H groups in total. The van der Waals surface area contributed by atoms with Gasteiger partial charge in [-0.25, -0.2) is 0 Å². The van der Waals surface area contributed by atoms with Crippen LogP contribution in [0.15, 0.2) is 18.2 Å². The minimum absolute atomic E-state index is 0.125. The Labute approximate surface area is 136 Å². The molecule has 1 aliphatic heterocycles. The number of hydrogen-bond donors (Lipinski definition) is 2. The van der Waals surface area contributed by atoms with Crippen molar-refractivity contribution in [3.63, 3.8) is 0 Å². The zero-order valence-corrected chi connectivity index (χ0v) is 14.0. The predicted molar refractivity (Wildman–Crippen MR) is 88.2 cm³/mol. The highest BCUT2D eigenvalue weighted by atomic mass is 35.5. The Hall–Kier alpha value is -0.280. The molecule has 0 unspecified atom stereocenters. The van der Waals surface area contributed by atoms with Gasteiger partial charge in [0.25, 0.3) is 0 Å². The summed E-state index contributed by atoms with van der Waals surface area (Å²) in [6, 6.07) is 6.09. The van der Waals surface area contributed by atoms with Gasteiger partial charge in [0.05, 0.1) is 15.6 Å². The van der Waals surface area contributed by atoms with Crippen molar-refractivity contribution in [3.8, 4) is 0 Å². The third-order valence-electron chi connectivity index (χ3n) is 5.56. The van der Waals surface area contributed by atoms with Gasteiger partial charge in [0.2, 0.25) is 0 Å². The standard InChI is InChI=1S/C17H23Cl2NO/c1-16(21)5-7-17(8-6-16,13-4-9-20-11-13)12-2-3-14(18)15(19)10-12/h2-3,10,13,20-21H,4-9,11H2,1H3/t13-,16?,17?/m1/s1. The Morgan fingerprint density at radius 2 is 1.86 bits per heavy atom. The third-order valence-corrected chi connectivity index (χ3v) is 6.29. The summed E-state index contributed by atoms with van der Waals surface area (Å²) in [5.74, 6) is 0.617. The highest BCUT2D eigenvalue weighted by molar-refractivity contribution is 6.42. The first-order chi connectivity index (χ1) is 9.93. The van der Waals surface area contributed by atoms with Crippen LogP contribution in [0.3, 0.4) is 0 Å². The Kier molecular flexibility index (Phi) is 4.26. The summed E-state index contributed by atoms with van der Waals surface area (Å²) in [4.78, 5) is 0. The molecule has 0 radical (unpaired) electrons. The van der Waals surface area contributed by atoms with Crippen molar-refractivity contribution in [2.75, 3.05) is 13.1 Å². The second kappa shape index (κ2) is 5.73. The molecule has 1 heterocycles. The fraction of sp³-hybridized carbons (Fsp3) is 0.647. The van der Waals surface area contributed by atoms with E-state index >= 15 is 0 Å². The first-order valence-corrected chi connectivity index (χ1v) is 8.57. The monoisotopic (exact) mass is 327 g/mol. The molecule has 0 spiro atoms. The molecule has 0 aromatic heterocycles. The molecule has 1 aliphatic carbocycles. The van der Waals surface area contributed by atoms with Gasteiger partial charge in [-0.1, -0.05) is 29.3 Å². The van der Waals surface area contributed by atoms with E-state index in [9.17, 15) is 5.11 Å². The summed E-state index contributed by atoms with van der Waals surface area (Å²) >= 11 is 12.3. The van der Waals surface area contributed by atoms with E-state index in [0.717, 1.165) is 38.8 Å². The van der Waals surface area contributed by atoms with Crippen molar-refractivity contribution >= 4 is 23.2 Å². The average Bonchev–Trinajstić information content (AvgIpc) is 2.97. The SMILES string of the molecule is CC1(O)CCC(c2ccc(Cl)c(Cl)c2)([C@@H]2CCNC2)CC1. The molecular weight excluding hydrogens is 305 g/mol. The number of hydrogen-bond acceptors (Lipinski definition) is 2. The van der Waals surface area contributed by atoms with E-state index in [1.165, 1.54) is 12.0 Å². The zero-order chi connectivity index (χ0) is 15.1. The van der Waals surface area contributed by atoms with Crippen molar-refractivity contribution in [3.05, 3.63) is 33.8 Å². The fourth-order valence-electron chi connectivity index (χ4n) is 4.10. The normalized spacial score (nSPS) is 36.9. The first-order valence-electron chi connectivity index (χ1n) is 7.82. The van der Waals surface area contributed by atoms with Crippen LogP contribution in [-0.4, -0.2) is 23.8 Å². The van der Waals surface area contributed by atoms with E-state index in [1.807, 2.05) is 19.1 Å². The van der Waals surface area contributed by atoms with Crippen molar-refractivity contribution in [1.29, 1.82) is 0 Å². The Morgan fingerprint density at radius 3 is 2.43 bits per heavy atom. The smallest absolute Gasteiger partial charge is 0.0620 e. The molecule has 1 aromatic rings. The molecule has 1 atom stereocenters. The molecule has 2 fully saturated rings. The van der Waals surface area contributed by atoms with Crippen molar-refractivity contribution in [2.45, 2.75) is 50.0 Å². The average molecular weight is 328 g/mol. The van der Waals surface area contributed by atoms with Gasteiger partial charge in [0.15, 0.2) is 0 Å². The minimum Gasteiger partial charge on any atom is -0.390 e. The van der Waals surface area contributed by atoms with Crippen LogP contribution in [0.5, 0.6) is 0 Å². The quantitative estimate of drug-likeness (QED) is 0.854. The largest absolute Gasteiger partial charge is 0.390 e. The molecule has 116 valence electrons. The maximum atomic E-state index is 10.3. The molecule has 0 bridgehead atoms. The third kappa shape index (κ3) is 2.96. The second-order valence-corrected chi connectivity index (χ2v) is 7.79. The Bertz CT molecular complexity index is 514. The lowest BCUT2D eigenvalue weighted by molar-refractivity contribution is -0.0105. The molecule has 3 rings (SSSR count). The molecule has 1 saturated heterocycles. The molecule has 2 aliphatic rings. The van der Waals surface area contributed by atoms with Crippen LogP contribution in [0.4, 0.5) is 0 Å². The van der Waals surface area contributed by atoms with Crippen molar-refractivity contribution in [1.82, 2.24) is 5.32 Å². The molecule has 1 aromatic carbocycles. The molecular formula is C17H23Cl2NO. The summed E-state index contributed by atoms with van der Waals surface area (Å²) in [5, 5.41) is 15.1. The Balaban J connectivity index is 1.98. The van der Waals surface area contributed by atoms with Gasteiger partial charge in [0, 0.05) is 0 Å². The van der Waals surface area contributed by atoms with E-state index in [1.54, 1.807) is 0 Å². The summed E-state index contributed by atoms with van der Waals surface area (Å²) in [5.41, 5.74) is 0.896. The van der Waals surface area contributed by atoms with Crippen LogP contribution in [0.1, 0.15) is 44.6 Å². The minimum atomic E-state index is -0.522. The maximum Gasteiger partial charge on any atom is 0.0620 e. The molecule has 0 amide bonds. The molecule has 21 heavy (non-hydrogen) atoms. The Morgan fingerprint density at radius 1 is 1.14 bits per heavy atom. The molecule has 4 heteroatoms. The van der Waals surface area contributed by atoms with Crippen LogP contribution < -0.4 is 5.32 Å². The highest BCUT2D eigenvalue weighted by Gasteiger charge is 2.46. The van der Waals surface area contributed by atoms with E-state index in [2.05, 4.69) is 11.4 Å². The van der Waals surface area contributed by atoms with Crippen molar-refractivity contribution in [2.24, 2.45) is 5.92 Å². The number of nitrogens with one attached hydrogen (secondary N) is 1. The van der Waals surface area contributed by atoms with Gasteiger partial charge in [0.1, 0.15) is 0 Å². The van der Waals surface area contributed by atoms with Crippen LogP contribution in [-0.2, 0) is 5.41 Å². The van der Waals surface area contributed by atoms with Gasteiger partial charge >= 0.3 is 0 Å². The summed E-state index contributed by atoms with van der Waals surface area (Å²) < 4.78 is 0. The van der Waals surface area contributed by atoms with Crippen LogP contribution in [0, 0.1) is 5.92 Å². The van der Waals surface area contributed by atoms with Crippen LogP contribution >= 0.6 is 23.2 Å². The van der Waals surface area contributed by atoms with Crippen LogP contribution in [0.2, 0.25) is 10.0 Å². The zero-order valence-electron chi connectivity index (χ0n) is 12.5.